The normalized spacial score (nSPS) is 12.7. The molecule has 0 fully saturated rings. The van der Waals surface area contributed by atoms with Crippen molar-refractivity contribution in [1.82, 2.24) is 9.78 Å². The van der Waals surface area contributed by atoms with E-state index in [0.717, 1.165) is 23.5 Å². The van der Waals surface area contributed by atoms with Crippen LogP contribution in [0, 0.1) is 5.82 Å². The van der Waals surface area contributed by atoms with Gasteiger partial charge in [0, 0.05) is 18.2 Å². The second kappa shape index (κ2) is 4.67. The van der Waals surface area contributed by atoms with Crippen LogP contribution in [0.1, 0.15) is 25.6 Å². The Hall–Kier alpha value is -1.68. The predicted octanol–water partition coefficient (Wildman–Crippen LogP) is 2.73. The van der Waals surface area contributed by atoms with Crippen molar-refractivity contribution in [1.29, 1.82) is 0 Å². The van der Waals surface area contributed by atoms with E-state index in [9.17, 15) is 4.39 Å². The number of halogens is 1. The van der Waals surface area contributed by atoms with Gasteiger partial charge in [-0.3, -0.25) is 4.68 Å². The molecule has 0 saturated heterocycles. The van der Waals surface area contributed by atoms with Crippen LogP contribution in [-0.4, -0.2) is 9.78 Å². The van der Waals surface area contributed by atoms with Gasteiger partial charge in [0.1, 0.15) is 5.82 Å². The van der Waals surface area contributed by atoms with E-state index < -0.39 is 0 Å². The van der Waals surface area contributed by atoms with Crippen LogP contribution in [-0.2, 0) is 6.54 Å². The van der Waals surface area contributed by atoms with Gasteiger partial charge >= 0.3 is 0 Å². The number of rotatable bonds is 3. The second-order valence-corrected chi connectivity index (χ2v) is 4.07. The van der Waals surface area contributed by atoms with Gasteiger partial charge in [0.2, 0.25) is 0 Å². The number of aromatic nitrogens is 2. The van der Waals surface area contributed by atoms with Crippen molar-refractivity contribution < 1.29 is 4.39 Å². The minimum absolute atomic E-state index is 0.116. The third kappa shape index (κ3) is 2.36. The third-order valence-corrected chi connectivity index (χ3v) is 2.69. The van der Waals surface area contributed by atoms with Gasteiger partial charge in [-0.25, -0.2) is 4.39 Å². The summed E-state index contributed by atoms with van der Waals surface area (Å²) in [4.78, 5) is 0. The Balaban J connectivity index is 2.50. The molecule has 4 heteroatoms. The lowest BCUT2D eigenvalue weighted by atomic mass is 10.1. The minimum atomic E-state index is -0.242. The van der Waals surface area contributed by atoms with Crippen LogP contribution in [0.5, 0.6) is 0 Å². The molecule has 3 nitrogen and oxygen atoms in total. The largest absolute Gasteiger partial charge is 0.323 e. The second-order valence-electron chi connectivity index (χ2n) is 4.07. The van der Waals surface area contributed by atoms with Crippen LogP contribution >= 0.6 is 0 Å². The molecule has 1 unspecified atom stereocenters. The lowest BCUT2D eigenvalue weighted by Crippen LogP contribution is -2.07. The van der Waals surface area contributed by atoms with Gasteiger partial charge in [-0.15, -0.1) is 0 Å². The highest BCUT2D eigenvalue weighted by molar-refractivity contribution is 5.60. The summed E-state index contributed by atoms with van der Waals surface area (Å²) in [7, 11) is 0. The minimum Gasteiger partial charge on any atom is -0.323 e. The van der Waals surface area contributed by atoms with E-state index in [1.54, 1.807) is 6.07 Å². The van der Waals surface area contributed by atoms with E-state index >= 15 is 0 Å². The first-order chi connectivity index (χ1) is 8.11. The van der Waals surface area contributed by atoms with Crippen LogP contribution in [0.2, 0.25) is 0 Å². The monoisotopic (exact) mass is 233 g/mol. The summed E-state index contributed by atoms with van der Waals surface area (Å²) in [5.41, 5.74) is 8.36. The lowest BCUT2D eigenvalue weighted by Gasteiger charge is -2.04. The summed E-state index contributed by atoms with van der Waals surface area (Å²) in [6, 6.07) is 8.32. The molecule has 0 aliphatic carbocycles. The Morgan fingerprint density at radius 1 is 1.41 bits per heavy atom. The van der Waals surface area contributed by atoms with Gasteiger partial charge in [-0.2, -0.15) is 5.10 Å². The van der Waals surface area contributed by atoms with Crippen LogP contribution in [0.4, 0.5) is 4.39 Å². The van der Waals surface area contributed by atoms with Gasteiger partial charge in [0.05, 0.1) is 11.4 Å². The first-order valence-electron chi connectivity index (χ1n) is 5.71. The standard InChI is InChI=1S/C13H16FN3/c1-3-17-13(8-12(16-17)9(2)15)10-5-4-6-11(14)7-10/h4-9H,3,15H2,1-2H3. The molecule has 0 radical (unpaired) electrons. The molecule has 90 valence electrons. The van der Waals surface area contributed by atoms with Crippen molar-refractivity contribution in [3.63, 3.8) is 0 Å². The van der Waals surface area contributed by atoms with Gasteiger partial charge in [-0.05, 0) is 32.0 Å². The van der Waals surface area contributed by atoms with Gasteiger partial charge in [0.25, 0.3) is 0 Å². The molecule has 1 aromatic carbocycles. The molecule has 17 heavy (non-hydrogen) atoms. The zero-order valence-electron chi connectivity index (χ0n) is 10.0. The first-order valence-corrected chi connectivity index (χ1v) is 5.71. The molecule has 0 saturated carbocycles. The fraction of sp³-hybridized carbons (Fsp3) is 0.308. The topological polar surface area (TPSA) is 43.8 Å². The third-order valence-electron chi connectivity index (χ3n) is 2.69. The smallest absolute Gasteiger partial charge is 0.123 e. The van der Waals surface area contributed by atoms with Gasteiger partial charge in [0.15, 0.2) is 0 Å². The average Bonchev–Trinajstić information content (AvgIpc) is 2.73. The first kappa shape index (κ1) is 11.8. The Kier molecular flexibility index (Phi) is 3.24. The summed E-state index contributed by atoms with van der Waals surface area (Å²) >= 11 is 0. The zero-order valence-corrected chi connectivity index (χ0v) is 10.0. The number of benzene rings is 1. The molecule has 2 N–H and O–H groups in total. The van der Waals surface area contributed by atoms with E-state index in [1.807, 2.05) is 30.7 Å². The van der Waals surface area contributed by atoms with Crippen molar-refractivity contribution in [3.05, 3.63) is 41.8 Å². The van der Waals surface area contributed by atoms with E-state index in [4.69, 9.17) is 5.73 Å². The van der Waals surface area contributed by atoms with Crippen molar-refractivity contribution >= 4 is 0 Å². The Morgan fingerprint density at radius 3 is 2.76 bits per heavy atom. The molecule has 1 heterocycles. The number of hydrogen-bond donors (Lipinski definition) is 1. The van der Waals surface area contributed by atoms with Crippen molar-refractivity contribution in [2.75, 3.05) is 0 Å². The summed E-state index contributed by atoms with van der Waals surface area (Å²) in [5.74, 6) is -0.242. The Bertz CT molecular complexity index is 517. The summed E-state index contributed by atoms with van der Waals surface area (Å²) in [6.07, 6.45) is 0. The maximum Gasteiger partial charge on any atom is 0.123 e. The fourth-order valence-electron chi connectivity index (χ4n) is 1.78. The number of nitrogens with zero attached hydrogens (tertiary/aromatic N) is 2. The van der Waals surface area contributed by atoms with Crippen LogP contribution in [0.25, 0.3) is 11.3 Å². The van der Waals surface area contributed by atoms with Crippen molar-refractivity contribution in [3.8, 4) is 11.3 Å². The molecule has 1 aromatic heterocycles. The molecule has 0 spiro atoms. The summed E-state index contributed by atoms with van der Waals surface area (Å²) < 4.78 is 15.0. The summed E-state index contributed by atoms with van der Waals surface area (Å²) in [6.45, 7) is 4.62. The van der Waals surface area contributed by atoms with E-state index in [0.29, 0.717) is 0 Å². The van der Waals surface area contributed by atoms with Crippen molar-refractivity contribution in [2.45, 2.75) is 26.4 Å². The van der Waals surface area contributed by atoms with Gasteiger partial charge in [-0.1, -0.05) is 12.1 Å². The van der Waals surface area contributed by atoms with Crippen LogP contribution < -0.4 is 5.73 Å². The van der Waals surface area contributed by atoms with E-state index in [-0.39, 0.29) is 11.9 Å². The molecule has 0 aliphatic heterocycles. The molecule has 2 rings (SSSR count). The quantitative estimate of drug-likeness (QED) is 0.885. The Labute approximate surface area is 100 Å². The lowest BCUT2D eigenvalue weighted by molar-refractivity contribution is 0.624. The molecular weight excluding hydrogens is 217 g/mol. The van der Waals surface area contributed by atoms with Gasteiger partial charge < -0.3 is 5.73 Å². The molecule has 2 aromatic rings. The molecule has 0 amide bonds. The van der Waals surface area contributed by atoms with Crippen LogP contribution in [0.3, 0.4) is 0 Å². The van der Waals surface area contributed by atoms with Crippen LogP contribution in [0.15, 0.2) is 30.3 Å². The average molecular weight is 233 g/mol. The highest BCUT2D eigenvalue weighted by Crippen LogP contribution is 2.23. The fourth-order valence-corrected chi connectivity index (χ4v) is 1.78. The maximum absolute atomic E-state index is 13.2. The molecule has 0 bridgehead atoms. The zero-order chi connectivity index (χ0) is 12.4. The van der Waals surface area contributed by atoms with Crippen molar-refractivity contribution in [2.24, 2.45) is 5.73 Å². The number of nitrogens with two attached hydrogens (primary N) is 1. The highest BCUT2D eigenvalue weighted by Gasteiger charge is 2.11. The number of aryl methyl sites for hydroxylation is 1. The molecular formula is C13H16FN3. The number of hydrogen-bond acceptors (Lipinski definition) is 2. The van der Waals surface area contributed by atoms with E-state index in [1.165, 1.54) is 12.1 Å². The maximum atomic E-state index is 13.2. The predicted molar refractivity (Wildman–Crippen MR) is 65.9 cm³/mol. The highest BCUT2D eigenvalue weighted by atomic mass is 19.1. The Morgan fingerprint density at radius 2 is 2.18 bits per heavy atom. The SMILES string of the molecule is CCn1nc(C(C)N)cc1-c1cccc(F)c1. The molecule has 0 aliphatic rings. The summed E-state index contributed by atoms with van der Waals surface area (Å²) in [5, 5.41) is 4.40. The molecule has 1 atom stereocenters. The van der Waals surface area contributed by atoms with E-state index in [2.05, 4.69) is 5.10 Å².